The number of carbonyl (C=O) groups excluding carboxylic acids is 2. The Bertz CT molecular complexity index is 3810. The van der Waals surface area contributed by atoms with E-state index in [4.69, 9.17) is 123 Å². The standard InChI is InChI=1S/C17H25N9O.C10H7N3O4S2.C7H11NO.C3Cl3N3.C3HCl2N3O.C3H7N7O.CH2O3.H4N2.HNO2.2Na/c1-16(2,3)9-7-11(18)25(23-9)13-20-14(22-15(27)21-13)26-12(19)8-10(24-26)17(4,5)6;11-9-12-13-10(19-9)18-4-1-2-5(7(14)15)6(3-4)8(16)17;1-7(2,3)6(9)4-5-8;4-1-7-2(5)9-3(6)8-1;4-1-6-2(5)8-3(9)7-1;4-9-1-6-2(10-5)8-3(11)7-1;2-1-4-3;1-2;2-1-3;;/h7-8H,18-19H2,1-6H3,(H,20,21,22,27);1-3H,(H2,11,12)(H,14,15)(H,16,17);4H2,1-3H3;;(H,6,7,8,9);4-5H2,(H3,6,7,8,9,10,11);1,3H;1-2H2;(H,2,3);;/q;;;;;;;;;2*+1/p-2. The molecule has 0 saturated carbocycles. The van der Waals surface area contributed by atoms with Crippen molar-refractivity contribution < 1.29 is 98.7 Å². The van der Waals surface area contributed by atoms with Gasteiger partial charge in [0, 0.05) is 33.3 Å². The summed E-state index contributed by atoms with van der Waals surface area (Å²) in [5.41, 5.74) is 20.3. The monoisotopic (exact) mass is 1480 g/mol. The summed E-state index contributed by atoms with van der Waals surface area (Å²) in [4.78, 5) is 125. The molecule has 1 aromatic carbocycles. The molecule has 51 heteroatoms. The number of hydrogen-bond acceptors (Lipinski definition) is 37. The number of ketones is 1. The van der Waals surface area contributed by atoms with Crippen LogP contribution in [0.15, 0.2) is 59.3 Å². The van der Waals surface area contributed by atoms with Crippen LogP contribution in [0.5, 0.6) is 0 Å². The Hall–Kier alpha value is -7.79. The number of aromatic amines is 3. The maximum absolute atomic E-state index is 12.1. The van der Waals surface area contributed by atoms with E-state index >= 15 is 0 Å². The van der Waals surface area contributed by atoms with Crippen molar-refractivity contribution in [1.29, 1.82) is 5.26 Å². The van der Waals surface area contributed by atoms with Crippen LogP contribution >= 0.6 is 81.1 Å². The fraction of sp³-hybridized carbons (Fsp3) is 0.295. The van der Waals surface area contributed by atoms with Crippen LogP contribution in [0.3, 0.4) is 0 Å². The second kappa shape index (κ2) is 44.8. The second-order valence-electron chi connectivity index (χ2n) is 19.1. The fourth-order valence-corrected chi connectivity index (χ4v) is 7.84. The van der Waals surface area contributed by atoms with Crippen LogP contribution in [0.2, 0.25) is 26.4 Å². The van der Waals surface area contributed by atoms with Gasteiger partial charge in [0.05, 0.1) is 35.0 Å². The van der Waals surface area contributed by atoms with Crippen LogP contribution in [0.25, 0.3) is 11.9 Å². The largest absolute Gasteiger partial charge is 1.00 e. The van der Waals surface area contributed by atoms with Crippen LogP contribution in [-0.4, -0.2) is 124 Å². The van der Waals surface area contributed by atoms with Crippen molar-refractivity contribution in [2.45, 2.75) is 88.8 Å². The number of Topliss-reactive ketones (excluding diaryl/α,β-unsaturated/α-hetero) is 1. The number of nitriles is 1. The Balaban J connectivity index is -0.00000109. The number of nitrogens with two attached hydrogens (primary N) is 7. The molecule has 0 amide bonds. The third-order valence-corrected chi connectivity index (χ3v) is 11.9. The number of hydrogen-bond donors (Lipinski definition) is 14. The molecule has 7 heterocycles. The number of carbonyl (C=O) groups is 4. The minimum absolute atomic E-state index is 0. The fourth-order valence-electron chi connectivity index (χ4n) is 5.22. The zero-order chi connectivity index (χ0) is 71.7. The van der Waals surface area contributed by atoms with E-state index in [1.54, 1.807) is 12.1 Å². The van der Waals surface area contributed by atoms with E-state index in [1.165, 1.54) is 39.3 Å². The van der Waals surface area contributed by atoms with E-state index in [0.717, 1.165) is 28.1 Å². The molecule has 0 bridgehead atoms. The average molecular weight is 1490 g/mol. The van der Waals surface area contributed by atoms with Gasteiger partial charge in [-0.2, -0.15) is 69.7 Å². The van der Waals surface area contributed by atoms with Gasteiger partial charge >= 0.3 is 88.1 Å². The van der Waals surface area contributed by atoms with E-state index in [2.05, 4.69) is 108 Å². The average Bonchev–Trinajstić information content (AvgIpc) is 1.69. The first-order valence-corrected chi connectivity index (χ1v) is 27.7. The number of nitrogens with one attached hydrogen (secondary N) is 5. The molecule has 0 radical (unpaired) electrons. The number of carboxylic acid groups (broad SMARTS) is 2. The molecule has 0 atom stereocenters. The number of benzene rings is 1. The van der Waals surface area contributed by atoms with Gasteiger partial charge in [0.1, 0.15) is 11.6 Å². The number of aromatic carboxylic acids is 2. The molecular weight excluding hydrogens is 1430 g/mol. The number of hydrazine groups is 3. The molecule has 0 aliphatic heterocycles. The predicted octanol–water partition coefficient (Wildman–Crippen LogP) is -3.97. The molecule has 0 aliphatic carbocycles. The smallest absolute Gasteiger partial charge is 0.662 e. The first-order chi connectivity index (χ1) is 43.3. The van der Waals surface area contributed by atoms with Gasteiger partial charge in [-0.15, -0.1) is 15.5 Å². The SMILES string of the molecule is CC(C)(C)C(=O)CC#N.CC(C)(C)c1cc(N)n(-c2nc(-n3nc(C(C)(C)C)cc3N)[nH]c(=O)n2)n1.Clc1nc(Cl)nc(Cl)n1.NN.NNc1nc(NN)[nH]c(=O)n1.Nc1nnc(Sc2ccc(C(=O)O)c(C(=O)O)c2)s1.O=CO[O-].O=N[O-].O=c1nc(Cl)nc(Cl)[nH]1.[Na+].[Na+]. The molecular formula is C44H56Cl5N29Na2O13S2. The number of nitrogens with zero attached hydrogens (tertiary/aromatic N) is 17. The molecule has 95 heavy (non-hydrogen) atoms. The Morgan fingerprint density at radius 1 is 0.716 bits per heavy atom. The molecule has 0 saturated heterocycles. The number of aromatic nitrogens is 18. The topological polar surface area (TPSA) is 700 Å². The second-order valence-corrected chi connectivity index (χ2v) is 23.1. The maximum Gasteiger partial charge on any atom is 1.00 e. The van der Waals surface area contributed by atoms with E-state index in [9.17, 15) is 28.8 Å². The number of H-pyrrole nitrogens is 3. The number of anilines is 5. The third kappa shape index (κ3) is 35.0. The van der Waals surface area contributed by atoms with Gasteiger partial charge in [-0.25, -0.2) is 35.7 Å². The van der Waals surface area contributed by atoms with Gasteiger partial charge in [-0.1, -0.05) is 85.4 Å². The van der Waals surface area contributed by atoms with Gasteiger partial charge in [0.25, 0.3) is 12.4 Å². The summed E-state index contributed by atoms with van der Waals surface area (Å²) in [6.07, 6.45) is 0.0312. The van der Waals surface area contributed by atoms with Crippen molar-refractivity contribution in [3.8, 4) is 18.0 Å². The molecule has 8 rings (SSSR count). The van der Waals surface area contributed by atoms with Gasteiger partial charge < -0.3 is 47.7 Å². The molecule has 504 valence electrons. The summed E-state index contributed by atoms with van der Waals surface area (Å²) in [5.74, 6) is 16.3. The number of nitrogen functional groups attached to an aromatic ring is 5. The summed E-state index contributed by atoms with van der Waals surface area (Å²) in [6.45, 7) is 17.4. The molecule has 0 aliphatic rings. The summed E-state index contributed by atoms with van der Waals surface area (Å²) >= 11 is 28.8. The van der Waals surface area contributed by atoms with E-state index in [0.29, 0.717) is 26.0 Å². The van der Waals surface area contributed by atoms with Crippen molar-refractivity contribution >= 4 is 134 Å². The molecule has 42 nitrogen and oxygen atoms in total. The first-order valence-electron chi connectivity index (χ1n) is 24.2. The molecule has 7 aromatic heterocycles. The maximum atomic E-state index is 12.1. The normalized spacial score (nSPS) is 9.92. The zero-order valence-electron chi connectivity index (χ0n) is 51.4. The Labute approximate surface area is 612 Å². The van der Waals surface area contributed by atoms with Crippen LogP contribution in [-0.2, 0) is 25.3 Å². The van der Waals surface area contributed by atoms with Crippen molar-refractivity contribution in [2.75, 3.05) is 28.1 Å². The van der Waals surface area contributed by atoms with Crippen LogP contribution in [0, 0.1) is 26.9 Å². The van der Waals surface area contributed by atoms with E-state index < -0.39 is 29.0 Å². The summed E-state index contributed by atoms with van der Waals surface area (Å²) in [5, 5.41) is 59.9. The zero-order valence-corrected chi connectivity index (χ0v) is 60.8. The Morgan fingerprint density at radius 3 is 1.56 bits per heavy atom. The van der Waals surface area contributed by atoms with Crippen molar-refractivity contribution in [1.82, 2.24) is 89.6 Å². The molecule has 8 aromatic rings. The quantitative estimate of drug-likeness (QED) is 0.0155. The molecule has 0 unspecified atom stereocenters. The van der Waals surface area contributed by atoms with Crippen molar-refractivity contribution in [2.24, 2.45) is 34.1 Å². The van der Waals surface area contributed by atoms with Crippen LogP contribution in [0.1, 0.15) is 101 Å². The minimum Gasteiger partial charge on any atom is -0.662 e. The molecule has 0 spiro atoms. The van der Waals surface area contributed by atoms with Crippen LogP contribution in [0.4, 0.5) is 28.7 Å². The molecule has 21 N–H and O–H groups in total. The van der Waals surface area contributed by atoms with Crippen molar-refractivity contribution in [3.63, 3.8) is 0 Å². The predicted molar refractivity (Wildman–Crippen MR) is 337 cm³/mol. The minimum atomic E-state index is -1.29. The summed E-state index contributed by atoms with van der Waals surface area (Å²) < 4.78 is 3.26. The Morgan fingerprint density at radius 2 is 1.18 bits per heavy atom. The number of rotatable bonds is 10. The van der Waals surface area contributed by atoms with E-state index in [-0.39, 0.29) is 155 Å². The van der Waals surface area contributed by atoms with Gasteiger partial charge in [0.15, 0.2) is 10.1 Å². The van der Waals surface area contributed by atoms with Gasteiger partial charge in [0.2, 0.25) is 49.4 Å². The van der Waals surface area contributed by atoms with Gasteiger partial charge in [-0.05, 0) is 76.2 Å². The van der Waals surface area contributed by atoms with E-state index in [1.807, 2.05) is 68.4 Å². The van der Waals surface area contributed by atoms with Gasteiger partial charge in [-0.3, -0.25) is 47.1 Å². The Kier molecular flexibility index (Phi) is 43.1. The summed E-state index contributed by atoms with van der Waals surface area (Å²) in [7, 11) is 0. The number of halogens is 5. The summed E-state index contributed by atoms with van der Waals surface area (Å²) in [6, 6.07) is 9.36. The van der Waals surface area contributed by atoms with Crippen molar-refractivity contribution in [3.05, 3.63) is 121 Å². The molecule has 0 fully saturated rings. The third-order valence-electron chi connectivity index (χ3n) is 9.29. The van der Waals surface area contributed by atoms with Crippen LogP contribution < -0.4 is 133 Å². The first kappa shape index (κ1) is 91.4. The number of carboxylic acids is 2.